The van der Waals surface area contributed by atoms with E-state index in [2.05, 4.69) is 0 Å². The van der Waals surface area contributed by atoms with Gasteiger partial charge in [0, 0.05) is 38.1 Å². The second kappa shape index (κ2) is 12.7. The molecule has 1 heterocycles. The number of anilines is 2. The minimum atomic E-state index is -0.977. The van der Waals surface area contributed by atoms with Crippen LogP contribution in [0, 0.1) is 0 Å². The van der Waals surface area contributed by atoms with Crippen LogP contribution in [0.3, 0.4) is 0 Å². The average molecular weight is 554 g/mol. The van der Waals surface area contributed by atoms with Crippen molar-refractivity contribution in [1.29, 1.82) is 0 Å². The maximum Gasteiger partial charge on any atom is 0.417 e. The topological polar surface area (TPSA) is 99.1 Å². The van der Waals surface area contributed by atoms with Crippen molar-refractivity contribution < 1.29 is 19.4 Å². The highest BCUT2D eigenvalue weighted by Crippen LogP contribution is 2.33. The lowest BCUT2D eigenvalue weighted by atomic mass is 9.89. The van der Waals surface area contributed by atoms with Gasteiger partial charge in [-0.1, -0.05) is 72.8 Å². The van der Waals surface area contributed by atoms with Gasteiger partial charge in [-0.3, -0.25) is 0 Å². The van der Waals surface area contributed by atoms with Gasteiger partial charge in [0.25, 0.3) is 0 Å². The molecule has 9 heteroatoms. The molecule has 212 valence electrons. The van der Waals surface area contributed by atoms with Gasteiger partial charge < -0.3 is 19.6 Å². The Morgan fingerprint density at radius 1 is 0.854 bits per heavy atom. The van der Waals surface area contributed by atoms with Crippen LogP contribution in [0.2, 0.25) is 0 Å². The van der Waals surface area contributed by atoms with Crippen LogP contribution in [0.15, 0.2) is 84.9 Å². The minimum Gasteiger partial charge on any atom is -0.465 e. The number of hydrogen-bond donors (Lipinski definition) is 1. The predicted molar refractivity (Wildman–Crippen MR) is 159 cm³/mol. The lowest BCUT2D eigenvalue weighted by molar-refractivity contribution is 0.100. The number of amides is 2. The van der Waals surface area contributed by atoms with Gasteiger partial charge in [-0.15, -0.1) is 0 Å². The number of benzene rings is 3. The Balaban J connectivity index is 1.48. The Bertz CT molecular complexity index is 1480. The Morgan fingerprint density at radius 3 is 2.17 bits per heavy atom. The van der Waals surface area contributed by atoms with Crippen LogP contribution >= 0.6 is 0 Å². The third-order valence-corrected chi connectivity index (χ3v) is 7.48. The fourth-order valence-electron chi connectivity index (χ4n) is 5.47. The molecule has 0 aliphatic heterocycles. The molecule has 5 rings (SSSR count). The summed E-state index contributed by atoms with van der Waals surface area (Å²) in [6.45, 7) is 0.388. The monoisotopic (exact) mass is 553 g/mol. The van der Waals surface area contributed by atoms with E-state index in [1.807, 2.05) is 104 Å². The van der Waals surface area contributed by atoms with Gasteiger partial charge >= 0.3 is 12.2 Å². The summed E-state index contributed by atoms with van der Waals surface area (Å²) in [6.07, 6.45) is 1.07. The summed E-state index contributed by atoms with van der Waals surface area (Å²) in [4.78, 5) is 40.8. The summed E-state index contributed by atoms with van der Waals surface area (Å²) < 4.78 is 5.81. The summed E-state index contributed by atoms with van der Waals surface area (Å²) in [5.41, 5.74) is 2.51. The zero-order chi connectivity index (χ0) is 28.8. The first-order chi connectivity index (χ1) is 19.9. The van der Waals surface area contributed by atoms with Crippen molar-refractivity contribution in [3.63, 3.8) is 0 Å². The molecule has 1 fully saturated rings. The van der Waals surface area contributed by atoms with Crippen molar-refractivity contribution >= 4 is 34.9 Å². The van der Waals surface area contributed by atoms with Crippen molar-refractivity contribution in [3.8, 4) is 0 Å². The highest BCUT2D eigenvalue weighted by atomic mass is 16.6. The van der Waals surface area contributed by atoms with E-state index in [4.69, 9.17) is 14.7 Å². The first kappa shape index (κ1) is 27.9. The van der Waals surface area contributed by atoms with Crippen LogP contribution in [0.25, 0.3) is 10.9 Å². The third kappa shape index (κ3) is 6.57. The number of carbonyl (C=O) groups is 2. The fraction of sp³-hybridized carbons (Fsp3) is 0.312. The normalized spacial score (nSPS) is 16.6. The molecule has 0 spiro atoms. The number of carboxylic acid groups (broad SMARTS) is 1. The van der Waals surface area contributed by atoms with Gasteiger partial charge in [0.2, 0.25) is 5.95 Å². The van der Waals surface area contributed by atoms with Crippen LogP contribution in [-0.2, 0) is 17.9 Å². The number of ether oxygens (including phenoxy) is 1. The second-order valence-corrected chi connectivity index (χ2v) is 10.5. The maximum atomic E-state index is 13.8. The van der Waals surface area contributed by atoms with Gasteiger partial charge in [-0.2, -0.15) is 4.98 Å². The average Bonchev–Trinajstić information content (AvgIpc) is 2.99. The first-order valence-electron chi connectivity index (χ1n) is 13.9. The summed E-state index contributed by atoms with van der Waals surface area (Å²) in [7, 11) is 3.81. The van der Waals surface area contributed by atoms with Crippen molar-refractivity contribution in [2.24, 2.45) is 0 Å². The van der Waals surface area contributed by atoms with Gasteiger partial charge in [-0.25, -0.2) is 19.5 Å². The highest BCUT2D eigenvalue weighted by molar-refractivity contribution is 5.93. The molecule has 1 aromatic heterocycles. The molecule has 1 aliphatic carbocycles. The van der Waals surface area contributed by atoms with Gasteiger partial charge in [0.05, 0.1) is 5.52 Å². The SMILES string of the molecule is CN(C)c1nc(N(C(=O)OCc2ccccc2)[C@H]2CCC[C@H](N(Cc3ccccc3)C(=O)O)C2)nc2ccccc12. The number of para-hydroxylation sites is 1. The molecule has 0 bridgehead atoms. The molecule has 1 aliphatic rings. The zero-order valence-corrected chi connectivity index (χ0v) is 23.4. The third-order valence-electron chi connectivity index (χ3n) is 7.48. The van der Waals surface area contributed by atoms with Crippen molar-refractivity contribution in [3.05, 3.63) is 96.1 Å². The van der Waals surface area contributed by atoms with Gasteiger partial charge in [-0.05, 0) is 48.9 Å². The molecule has 4 aromatic rings. The van der Waals surface area contributed by atoms with E-state index in [0.29, 0.717) is 30.6 Å². The molecule has 2 atom stereocenters. The van der Waals surface area contributed by atoms with E-state index in [-0.39, 0.29) is 31.2 Å². The van der Waals surface area contributed by atoms with E-state index in [9.17, 15) is 14.7 Å². The summed E-state index contributed by atoms with van der Waals surface area (Å²) in [5.74, 6) is 0.941. The van der Waals surface area contributed by atoms with Crippen LogP contribution < -0.4 is 9.80 Å². The quantitative estimate of drug-likeness (QED) is 0.272. The molecule has 2 amide bonds. The molecule has 41 heavy (non-hydrogen) atoms. The van der Waals surface area contributed by atoms with Gasteiger partial charge in [0.15, 0.2) is 0 Å². The Hall–Kier alpha value is -4.66. The summed E-state index contributed by atoms with van der Waals surface area (Å²) >= 11 is 0. The molecular weight excluding hydrogens is 518 g/mol. The largest absolute Gasteiger partial charge is 0.465 e. The molecule has 1 saturated carbocycles. The number of aromatic nitrogens is 2. The Kier molecular flexibility index (Phi) is 8.62. The van der Waals surface area contributed by atoms with Crippen LogP contribution in [0.1, 0.15) is 36.8 Å². The molecule has 0 unspecified atom stereocenters. The van der Waals surface area contributed by atoms with E-state index in [0.717, 1.165) is 22.9 Å². The zero-order valence-electron chi connectivity index (χ0n) is 23.4. The molecule has 3 aromatic carbocycles. The van der Waals surface area contributed by atoms with Crippen LogP contribution in [0.4, 0.5) is 21.4 Å². The lowest BCUT2D eigenvalue weighted by Gasteiger charge is -2.39. The molecule has 1 N–H and O–H groups in total. The highest BCUT2D eigenvalue weighted by Gasteiger charge is 2.37. The van der Waals surface area contributed by atoms with Crippen molar-refractivity contribution in [1.82, 2.24) is 14.9 Å². The number of hydrogen-bond acceptors (Lipinski definition) is 6. The molecular formula is C32H35N5O4. The van der Waals surface area contributed by atoms with E-state index in [1.165, 1.54) is 9.80 Å². The van der Waals surface area contributed by atoms with Crippen LogP contribution in [-0.4, -0.2) is 58.3 Å². The smallest absolute Gasteiger partial charge is 0.417 e. The Morgan fingerprint density at radius 2 is 1.49 bits per heavy atom. The summed E-state index contributed by atoms with van der Waals surface area (Å²) in [6, 6.07) is 26.2. The van der Waals surface area contributed by atoms with Gasteiger partial charge in [0.1, 0.15) is 12.4 Å². The number of fused-ring (bicyclic) bond motifs is 1. The molecule has 9 nitrogen and oxygen atoms in total. The van der Waals surface area contributed by atoms with E-state index in [1.54, 1.807) is 0 Å². The predicted octanol–water partition coefficient (Wildman–Crippen LogP) is 6.33. The minimum absolute atomic E-state index is 0.107. The fourth-order valence-corrected chi connectivity index (χ4v) is 5.47. The van der Waals surface area contributed by atoms with Crippen molar-refractivity contribution in [2.75, 3.05) is 23.9 Å². The lowest BCUT2D eigenvalue weighted by Crippen LogP contribution is -2.50. The standard InChI is InChI=1S/C32H35N5O4/c1-35(2)29-27-18-9-10-19-28(27)33-30(34-29)37(32(40)41-22-24-14-7-4-8-15-24)26-17-11-16-25(20-26)36(31(38)39)21-23-12-5-3-6-13-23/h3-10,12-15,18-19,25-26H,11,16-17,20-22H2,1-2H3,(H,38,39)/t25-,26-/m0/s1. The molecule has 0 radical (unpaired) electrons. The van der Waals surface area contributed by atoms with E-state index >= 15 is 0 Å². The molecule has 0 saturated heterocycles. The number of carbonyl (C=O) groups excluding carboxylic acids is 1. The van der Waals surface area contributed by atoms with Crippen LogP contribution in [0.5, 0.6) is 0 Å². The maximum absolute atomic E-state index is 13.8. The van der Waals surface area contributed by atoms with E-state index < -0.39 is 12.2 Å². The second-order valence-electron chi connectivity index (χ2n) is 10.5. The van der Waals surface area contributed by atoms with Crippen molar-refractivity contribution in [2.45, 2.75) is 50.9 Å². The first-order valence-corrected chi connectivity index (χ1v) is 13.9. The Labute approximate surface area is 240 Å². The number of nitrogens with zero attached hydrogens (tertiary/aromatic N) is 5. The number of rotatable bonds is 8. The summed E-state index contributed by atoms with van der Waals surface area (Å²) in [5, 5.41) is 11.0.